The molecule has 1 heterocycles. The van der Waals surface area contributed by atoms with Crippen LogP contribution in [0.3, 0.4) is 0 Å². The Hall–Kier alpha value is -0.820. The number of nitrogens with one attached hydrogen (secondary N) is 1. The molecule has 1 N–H and O–H groups in total. The Balaban J connectivity index is 2.69. The summed E-state index contributed by atoms with van der Waals surface area (Å²) in [5, 5.41) is 3.41. The Kier molecular flexibility index (Phi) is 2.15. The second-order valence-electron chi connectivity index (χ2n) is 4.50. The molecule has 0 radical (unpaired) electrons. The number of benzene rings is 1. The SMILES string of the molecule is Cc1c(C)c(C)c([C@H]2CN2)c(C)c1C. The molecule has 0 spiro atoms. The summed E-state index contributed by atoms with van der Waals surface area (Å²) in [6.45, 7) is 12.4. The van der Waals surface area contributed by atoms with Crippen LogP contribution in [0.2, 0.25) is 0 Å². The smallest absolute Gasteiger partial charge is 0.0453 e. The van der Waals surface area contributed by atoms with Crippen LogP contribution in [-0.4, -0.2) is 6.54 Å². The van der Waals surface area contributed by atoms with Crippen LogP contribution in [0.5, 0.6) is 0 Å². The summed E-state index contributed by atoms with van der Waals surface area (Å²) < 4.78 is 0. The van der Waals surface area contributed by atoms with Gasteiger partial charge in [0, 0.05) is 12.6 Å². The Morgan fingerprint density at radius 1 is 0.786 bits per heavy atom. The molecule has 76 valence electrons. The van der Waals surface area contributed by atoms with E-state index in [2.05, 4.69) is 39.9 Å². The summed E-state index contributed by atoms with van der Waals surface area (Å²) in [6, 6.07) is 0.632. The molecular formula is C13H19N. The number of rotatable bonds is 1. The Bertz CT molecular complexity index is 358. The van der Waals surface area contributed by atoms with Crippen molar-refractivity contribution in [3.63, 3.8) is 0 Å². The fourth-order valence-electron chi connectivity index (χ4n) is 2.31. The first-order valence-electron chi connectivity index (χ1n) is 5.34. The topological polar surface area (TPSA) is 21.9 Å². The van der Waals surface area contributed by atoms with E-state index in [1.54, 1.807) is 5.56 Å². The monoisotopic (exact) mass is 189 g/mol. The van der Waals surface area contributed by atoms with E-state index in [-0.39, 0.29) is 0 Å². The van der Waals surface area contributed by atoms with Gasteiger partial charge >= 0.3 is 0 Å². The van der Waals surface area contributed by atoms with Crippen molar-refractivity contribution < 1.29 is 0 Å². The number of hydrogen-bond acceptors (Lipinski definition) is 1. The van der Waals surface area contributed by atoms with E-state index >= 15 is 0 Å². The van der Waals surface area contributed by atoms with Crippen molar-refractivity contribution in [2.75, 3.05) is 6.54 Å². The highest BCUT2D eigenvalue weighted by Crippen LogP contribution is 2.33. The van der Waals surface area contributed by atoms with Crippen LogP contribution in [0.15, 0.2) is 0 Å². The Morgan fingerprint density at radius 3 is 1.50 bits per heavy atom. The highest BCUT2D eigenvalue weighted by atomic mass is 15.1. The van der Waals surface area contributed by atoms with Gasteiger partial charge in [0.05, 0.1) is 0 Å². The molecule has 0 aliphatic carbocycles. The minimum Gasteiger partial charge on any atom is -0.307 e. The van der Waals surface area contributed by atoms with Gasteiger partial charge in [-0.3, -0.25) is 0 Å². The lowest BCUT2D eigenvalue weighted by Gasteiger charge is -2.17. The summed E-state index contributed by atoms with van der Waals surface area (Å²) in [7, 11) is 0. The van der Waals surface area contributed by atoms with Crippen molar-refractivity contribution in [2.45, 2.75) is 40.7 Å². The lowest BCUT2D eigenvalue weighted by Crippen LogP contribution is -2.02. The van der Waals surface area contributed by atoms with Gasteiger partial charge in [0.2, 0.25) is 0 Å². The van der Waals surface area contributed by atoms with Crippen LogP contribution in [-0.2, 0) is 0 Å². The molecule has 1 saturated heterocycles. The minimum atomic E-state index is 0.632. The Morgan fingerprint density at radius 2 is 1.14 bits per heavy atom. The van der Waals surface area contributed by atoms with Gasteiger partial charge < -0.3 is 5.32 Å². The summed E-state index contributed by atoms with van der Waals surface area (Å²) in [5.74, 6) is 0. The normalized spacial score (nSPS) is 19.9. The van der Waals surface area contributed by atoms with Crippen LogP contribution in [0.25, 0.3) is 0 Å². The van der Waals surface area contributed by atoms with E-state index in [1.807, 2.05) is 0 Å². The van der Waals surface area contributed by atoms with Gasteiger partial charge in [-0.05, 0) is 68.0 Å². The number of hydrogen-bond donors (Lipinski definition) is 1. The minimum absolute atomic E-state index is 0.632. The zero-order chi connectivity index (χ0) is 10.5. The van der Waals surface area contributed by atoms with Gasteiger partial charge in [0.1, 0.15) is 0 Å². The molecule has 1 atom stereocenters. The fraction of sp³-hybridized carbons (Fsp3) is 0.538. The van der Waals surface area contributed by atoms with Gasteiger partial charge in [0.25, 0.3) is 0 Å². The van der Waals surface area contributed by atoms with Crippen molar-refractivity contribution in [1.29, 1.82) is 0 Å². The zero-order valence-corrected chi connectivity index (χ0v) is 9.78. The van der Waals surface area contributed by atoms with Crippen molar-refractivity contribution in [1.82, 2.24) is 5.32 Å². The molecule has 1 heteroatoms. The van der Waals surface area contributed by atoms with E-state index in [0.29, 0.717) is 6.04 Å². The van der Waals surface area contributed by atoms with Crippen LogP contribution < -0.4 is 5.32 Å². The molecule has 0 amide bonds. The van der Waals surface area contributed by atoms with E-state index in [0.717, 1.165) is 6.54 Å². The second kappa shape index (κ2) is 3.09. The van der Waals surface area contributed by atoms with Crippen molar-refractivity contribution >= 4 is 0 Å². The average molecular weight is 189 g/mol. The van der Waals surface area contributed by atoms with Gasteiger partial charge in [-0.2, -0.15) is 0 Å². The average Bonchev–Trinajstić information content (AvgIpc) is 2.96. The quantitative estimate of drug-likeness (QED) is 0.674. The Labute approximate surface area is 86.5 Å². The molecule has 1 aromatic carbocycles. The van der Waals surface area contributed by atoms with E-state index in [9.17, 15) is 0 Å². The lowest BCUT2D eigenvalue weighted by atomic mass is 9.88. The van der Waals surface area contributed by atoms with Gasteiger partial charge in [0.15, 0.2) is 0 Å². The molecule has 0 unspecified atom stereocenters. The maximum absolute atomic E-state index is 3.41. The first kappa shape index (κ1) is 9.72. The lowest BCUT2D eigenvalue weighted by molar-refractivity contribution is 1.00. The zero-order valence-electron chi connectivity index (χ0n) is 9.78. The third kappa shape index (κ3) is 1.27. The van der Waals surface area contributed by atoms with Gasteiger partial charge in [-0.1, -0.05) is 0 Å². The molecule has 1 aromatic rings. The van der Waals surface area contributed by atoms with Crippen LogP contribution in [0.1, 0.15) is 39.4 Å². The largest absolute Gasteiger partial charge is 0.307 e. The van der Waals surface area contributed by atoms with Gasteiger partial charge in [-0.15, -0.1) is 0 Å². The van der Waals surface area contributed by atoms with E-state index < -0.39 is 0 Å². The standard InChI is InChI=1S/C13H19N/c1-7-8(2)10(4)13(12-6-14-12)11(5)9(7)3/h12,14H,6H2,1-5H3/t12-/m1/s1. The molecule has 1 fully saturated rings. The molecule has 1 aliphatic rings. The highest BCUT2D eigenvalue weighted by molar-refractivity contribution is 5.51. The maximum atomic E-state index is 3.41. The van der Waals surface area contributed by atoms with Crippen LogP contribution in [0.4, 0.5) is 0 Å². The van der Waals surface area contributed by atoms with Crippen molar-refractivity contribution in [2.24, 2.45) is 0 Å². The predicted octanol–water partition coefficient (Wildman–Crippen LogP) is 2.87. The van der Waals surface area contributed by atoms with Crippen LogP contribution >= 0.6 is 0 Å². The molecule has 1 aliphatic heterocycles. The van der Waals surface area contributed by atoms with Crippen molar-refractivity contribution in [3.8, 4) is 0 Å². The van der Waals surface area contributed by atoms with E-state index in [1.165, 1.54) is 27.8 Å². The molecule has 0 saturated carbocycles. The van der Waals surface area contributed by atoms with E-state index in [4.69, 9.17) is 0 Å². The first-order valence-corrected chi connectivity index (χ1v) is 5.34. The molecule has 14 heavy (non-hydrogen) atoms. The summed E-state index contributed by atoms with van der Waals surface area (Å²) >= 11 is 0. The molecule has 2 rings (SSSR count). The highest BCUT2D eigenvalue weighted by Gasteiger charge is 2.27. The maximum Gasteiger partial charge on any atom is 0.0453 e. The molecule has 0 bridgehead atoms. The van der Waals surface area contributed by atoms with Gasteiger partial charge in [-0.25, -0.2) is 0 Å². The summed E-state index contributed by atoms with van der Waals surface area (Å²) in [5.41, 5.74) is 8.92. The third-order valence-corrected chi connectivity index (χ3v) is 3.81. The third-order valence-electron chi connectivity index (χ3n) is 3.81. The van der Waals surface area contributed by atoms with Crippen LogP contribution in [0, 0.1) is 34.6 Å². The molecule has 0 aromatic heterocycles. The predicted molar refractivity (Wildman–Crippen MR) is 60.9 cm³/mol. The first-order chi connectivity index (χ1) is 6.54. The van der Waals surface area contributed by atoms with Crippen molar-refractivity contribution in [3.05, 3.63) is 33.4 Å². The fourth-order valence-corrected chi connectivity index (χ4v) is 2.31. The summed E-state index contributed by atoms with van der Waals surface area (Å²) in [4.78, 5) is 0. The second-order valence-corrected chi connectivity index (χ2v) is 4.50. The molecular weight excluding hydrogens is 170 g/mol. The summed E-state index contributed by atoms with van der Waals surface area (Å²) in [6.07, 6.45) is 0. The molecule has 1 nitrogen and oxygen atoms in total.